The summed E-state index contributed by atoms with van der Waals surface area (Å²) in [4.78, 5) is 0. The summed E-state index contributed by atoms with van der Waals surface area (Å²) in [6, 6.07) is 14.9. The summed E-state index contributed by atoms with van der Waals surface area (Å²) in [6.07, 6.45) is 0.865. The molecule has 2 atom stereocenters. The molecule has 0 saturated carbocycles. The van der Waals surface area contributed by atoms with E-state index in [1.165, 1.54) is 5.56 Å². The number of hydrogen-bond acceptors (Lipinski definition) is 4. The highest BCUT2D eigenvalue weighted by Gasteiger charge is 2.19. The molecule has 162 valence electrons. The Labute approximate surface area is 180 Å². The third-order valence-corrected chi connectivity index (χ3v) is 5.15. The van der Waals surface area contributed by atoms with E-state index in [9.17, 15) is 0 Å². The molecule has 0 N–H and O–H groups in total. The lowest BCUT2D eigenvalue weighted by molar-refractivity contribution is 0.0661. The molecular weight excluding hydrogens is 376 g/mol. The normalized spacial score (nSPS) is 13.5. The quantitative estimate of drug-likeness (QED) is 0.355. The van der Waals surface area contributed by atoms with Crippen LogP contribution in [0, 0.1) is 0 Å². The first kappa shape index (κ1) is 22.4. The van der Waals surface area contributed by atoms with Gasteiger partial charge in [-0.05, 0) is 45.7 Å². The van der Waals surface area contributed by atoms with Crippen molar-refractivity contribution in [2.45, 2.75) is 53.2 Å². The van der Waals surface area contributed by atoms with Crippen LogP contribution in [0.1, 0.15) is 40.2 Å². The van der Waals surface area contributed by atoms with E-state index >= 15 is 0 Å². The van der Waals surface area contributed by atoms with Crippen molar-refractivity contribution in [1.82, 2.24) is 0 Å². The summed E-state index contributed by atoms with van der Waals surface area (Å²) >= 11 is 0. The Hall–Kier alpha value is -2.30. The number of fused-ring (bicyclic) bond motifs is 2. The maximum Gasteiger partial charge on any atom is 0.135 e. The molecule has 0 spiro atoms. The second-order valence-corrected chi connectivity index (χ2v) is 7.61. The standard InChI is InChI=1S/C26H34O4/c1-6-20-13-14-23-24(15-20)26(30-19(5)17-28-8-3)22-12-10-9-11-21(22)25(23)29-18(4)16-27-7-2/h9-15,18-19H,6-8,16-17H2,1-5H3. The van der Waals surface area contributed by atoms with Crippen LogP contribution in [0.25, 0.3) is 21.5 Å². The van der Waals surface area contributed by atoms with Crippen LogP contribution >= 0.6 is 0 Å². The van der Waals surface area contributed by atoms with E-state index in [0.29, 0.717) is 26.4 Å². The van der Waals surface area contributed by atoms with E-state index in [0.717, 1.165) is 39.5 Å². The van der Waals surface area contributed by atoms with Crippen LogP contribution in [-0.2, 0) is 15.9 Å². The van der Waals surface area contributed by atoms with Crippen LogP contribution in [0.4, 0.5) is 0 Å². The first-order valence-corrected chi connectivity index (χ1v) is 11.0. The molecule has 2 unspecified atom stereocenters. The van der Waals surface area contributed by atoms with Crippen LogP contribution in [-0.4, -0.2) is 38.6 Å². The van der Waals surface area contributed by atoms with Crippen molar-refractivity contribution in [3.63, 3.8) is 0 Å². The highest BCUT2D eigenvalue weighted by atomic mass is 16.5. The van der Waals surface area contributed by atoms with Gasteiger partial charge in [0.2, 0.25) is 0 Å². The molecule has 0 aliphatic heterocycles. The van der Waals surface area contributed by atoms with Gasteiger partial charge < -0.3 is 18.9 Å². The highest BCUT2D eigenvalue weighted by Crippen LogP contribution is 2.43. The summed E-state index contributed by atoms with van der Waals surface area (Å²) in [5.41, 5.74) is 1.27. The third kappa shape index (κ3) is 5.05. The Kier molecular flexibility index (Phi) is 7.94. The largest absolute Gasteiger partial charge is 0.487 e. The van der Waals surface area contributed by atoms with Gasteiger partial charge in [-0.2, -0.15) is 0 Å². The molecule has 0 aromatic heterocycles. The Balaban J connectivity index is 2.17. The van der Waals surface area contributed by atoms with Gasteiger partial charge in [0.25, 0.3) is 0 Å². The van der Waals surface area contributed by atoms with Gasteiger partial charge in [-0.3, -0.25) is 0 Å². The van der Waals surface area contributed by atoms with E-state index in [2.05, 4.69) is 44.2 Å². The van der Waals surface area contributed by atoms with E-state index < -0.39 is 0 Å². The Morgan fingerprint density at radius 2 is 1.17 bits per heavy atom. The van der Waals surface area contributed by atoms with Gasteiger partial charge in [-0.15, -0.1) is 0 Å². The van der Waals surface area contributed by atoms with E-state index in [-0.39, 0.29) is 12.2 Å². The maximum absolute atomic E-state index is 6.46. The zero-order valence-corrected chi connectivity index (χ0v) is 18.9. The SMILES string of the molecule is CCOCC(C)Oc1c2ccccc2c(OC(C)COCC)c2cc(CC)ccc12. The smallest absolute Gasteiger partial charge is 0.135 e. The van der Waals surface area contributed by atoms with Crippen LogP contribution in [0.5, 0.6) is 11.5 Å². The zero-order chi connectivity index (χ0) is 21.5. The molecule has 3 aromatic rings. The fourth-order valence-corrected chi connectivity index (χ4v) is 3.66. The average Bonchev–Trinajstić information content (AvgIpc) is 2.77. The lowest BCUT2D eigenvalue weighted by Crippen LogP contribution is -2.20. The lowest BCUT2D eigenvalue weighted by atomic mass is 9.98. The van der Waals surface area contributed by atoms with Gasteiger partial charge in [-0.25, -0.2) is 0 Å². The van der Waals surface area contributed by atoms with Crippen molar-refractivity contribution in [1.29, 1.82) is 0 Å². The van der Waals surface area contributed by atoms with Crippen LogP contribution in [0.2, 0.25) is 0 Å². The summed E-state index contributed by atoms with van der Waals surface area (Å²) < 4.78 is 24.1. The molecule has 4 nitrogen and oxygen atoms in total. The molecular formula is C26H34O4. The highest BCUT2D eigenvalue weighted by molar-refractivity contribution is 6.11. The first-order chi connectivity index (χ1) is 14.6. The summed E-state index contributed by atoms with van der Waals surface area (Å²) in [7, 11) is 0. The molecule has 0 aliphatic rings. The van der Waals surface area contributed by atoms with Gasteiger partial charge >= 0.3 is 0 Å². The Bertz CT molecular complexity index is 966. The second-order valence-electron chi connectivity index (χ2n) is 7.61. The molecule has 0 radical (unpaired) electrons. The summed E-state index contributed by atoms with van der Waals surface area (Å²) in [5.74, 6) is 1.79. The molecule has 3 rings (SSSR count). The van der Waals surface area contributed by atoms with Crippen LogP contribution in [0.3, 0.4) is 0 Å². The van der Waals surface area contributed by atoms with Crippen molar-refractivity contribution in [2.75, 3.05) is 26.4 Å². The predicted molar refractivity (Wildman–Crippen MR) is 124 cm³/mol. The monoisotopic (exact) mass is 410 g/mol. The van der Waals surface area contributed by atoms with Gasteiger partial charge in [0, 0.05) is 34.8 Å². The minimum Gasteiger partial charge on any atom is -0.487 e. The van der Waals surface area contributed by atoms with E-state index in [1.54, 1.807) is 0 Å². The minimum absolute atomic E-state index is 0.0500. The van der Waals surface area contributed by atoms with Gasteiger partial charge in [0.05, 0.1) is 13.2 Å². The van der Waals surface area contributed by atoms with Crippen molar-refractivity contribution < 1.29 is 18.9 Å². The molecule has 0 aliphatic carbocycles. The second kappa shape index (κ2) is 10.6. The number of aryl methyl sites for hydroxylation is 1. The number of benzene rings is 3. The fourth-order valence-electron chi connectivity index (χ4n) is 3.66. The molecule has 0 heterocycles. The lowest BCUT2D eigenvalue weighted by Gasteiger charge is -2.23. The number of ether oxygens (including phenoxy) is 4. The van der Waals surface area contributed by atoms with Crippen molar-refractivity contribution in [3.8, 4) is 11.5 Å². The van der Waals surface area contributed by atoms with Crippen molar-refractivity contribution >= 4 is 21.5 Å². The zero-order valence-electron chi connectivity index (χ0n) is 18.9. The van der Waals surface area contributed by atoms with E-state index in [4.69, 9.17) is 18.9 Å². The molecule has 0 bridgehead atoms. The first-order valence-electron chi connectivity index (χ1n) is 11.0. The van der Waals surface area contributed by atoms with Gasteiger partial charge in [0.1, 0.15) is 23.7 Å². The maximum atomic E-state index is 6.46. The van der Waals surface area contributed by atoms with Gasteiger partial charge in [0.15, 0.2) is 0 Å². The molecule has 3 aromatic carbocycles. The Morgan fingerprint density at radius 3 is 1.67 bits per heavy atom. The predicted octanol–water partition coefficient (Wildman–Crippen LogP) is 6.16. The molecule has 30 heavy (non-hydrogen) atoms. The Morgan fingerprint density at radius 1 is 0.667 bits per heavy atom. The number of rotatable bonds is 11. The molecule has 0 fully saturated rings. The van der Waals surface area contributed by atoms with Crippen LogP contribution in [0.15, 0.2) is 42.5 Å². The van der Waals surface area contributed by atoms with Crippen LogP contribution < -0.4 is 9.47 Å². The average molecular weight is 411 g/mol. The molecule has 4 heteroatoms. The van der Waals surface area contributed by atoms with E-state index in [1.807, 2.05) is 32.9 Å². The van der Waals surface area contributed by atoms with Crippen molar-refractivity contribution in [3.05, 3.63) is 48.0 Å². The topological polar surface area (TPSA) is 36.9 Å². The fraction of sp³-hybridized carbons (Fsp3) is 0.462. The minimum atomic E-state index is -0.0505. The van der Waals surface area contributed by atoms with Crippen molar-refractivity contribution in [2.24, 2.45) is 0 Å². The molecule has 0 amide bonds. The van der Waals surface area contributed by atoms with Gasteiger partial charge in [-0.1, -0.05) is 43.3 Å². The molecule has 0 saturated heterocycles. The third-order valence-electron chi connectivity index (χ3n) is 5.15. The summed E-state index contributed by atoms with van der Waals surface area (Å²) in [5, 5.41) is 4.25. The number of hydrogen-bond donors (Lipinski definition) is 0. The summed E-state index contributed by atoms with van der Waals surface area (Å²) in [6.45, 7) is 12.7.